The molecule has 0 amide bonds. The van der Waals surface area contributed by atoms with Crippen molar-refractivity contribution < 1.29 is 0 Å². The Labute approximate surface area is 95.3 Å². The molecule has 0 aliphatic heterocycles. The van der Waals surface area contributed by atoms with Gasteiger partial charge in [-0.05, 0) is 18.8 Å². The van der Waals surface area contributed by atoms with Crippen LogP contribution in [0.15, 0.2) is 0 Å². The molecule has 1 rings (SSSR count). The highest BCUT2D eigenvalue weighted by Gasteiger charge is 2.60. The van der Waals surface area contributed by atoms with Crippen LogP contribution in [0.4, 0.5) is 0 Å². The van der Waals surface area contributed by atoms with E-state index < -0.39 is 10.8 Å². The van der Waals surface area contributed by atoms with Gasteiger partial charge in [-0.25, -0.2) is 0 Å². The van der Waals surface area contributed by atoms with Gasteiger partial charge in [0.05, 0.1) is 24.3 Å². The molecule has 0 radical (unpaired) electrons. The summed E-state index contributed by atoms with van der Waals surface area (Å²) < 4.78 is 0. The van der Waals surface area contributed by atoms with Crippen LogP contribution < -0.4 is 0 Å². The molecule has 0 spiro atoms. The van der Waals surface area contributed by atoms with Gasteiger partial charge in [-0.2, -0.15) is 21.0 Å². The quantitative estimate of drug-likeness (QED) is 0.666. The minimum atomic E-state index is -1.47. The van der Waals surface area contributed by atoms with Crippen LogP contribution in [-0.2, 0) is 0 Å². The first-order valence-corrected chi connectivity index (χ1v) is 5.31. The molecule has 80 valence electrons. The summed E-state index contributed by atoms with van der Waals surface area (Å²) in [7, 11) is 0. The maximum atomic E-state index is 9.27. The van der Waals surface area contributed by atoms with E-state index in [9.17, 15) is 21.0 Å². The molecule has 1 aliphatic carbocycles. The zero-order chi connectivity index (χ0) is 12.2. The SMILES string of the molecule is CCC1CCCC(C#N)(C#N)C1(C#N)C#N. The summed E-state index contributed by atoms with van der Waals surface area (Å²) in [6.45, 7) is 1.89. The van der Waals surface area contributed by atoms with E-state index in [0.717, 1.165) is 12.8 Å². The minimum Gasteiger partial charge on any atom is -0.196 e. The Morgan fingerprint density at radius 1 is 1.06 bits per heavy atom. The molecule has 0 aromatic carbocycles. The third-order valence-corrected chi connectivity index (χ3v) is 3.62. The van der Waals surface area contributed by atoms with Gasteiger partial charge >= 0.3 is 0 Å². The van der Waals surface area contributed by atoms with Crippen LogP contribution in [0.1, 0.15) is 32.6 Å². The topological polar surface area (TPSA) is 95.2 Å². The highest BCUT2D eigenvalue weighted by Crippen LogP contribution is 2.53. The van der Waals surface area contributed by atoms with E-state index in [1.165, 1.54) is 0 Å². The zero-order valence-electron chi connectivity index (χ0n) is 9.19. The van der Waals surface area contributed by atoms with Crippen molar-refractivity contribution in [3.05, 3.63) is 0 Å². The first kappa shape index (κ1) is 12.0. The van der Waals surface area contributed by atoms with Gasteiger partial charge in [0.2, 0.25) is 0 Å². The van der Waals surface area contributed by atoms with Crippen LogP contribution in [-0.4, -0.2) is 0 Å². The molecule has 1 saturated carbocycles. The van der Waals surface area contributed by atoms with Crippen molar-refractivity contribution >= 4 is 0 Å². The maximum Gasteiger partial charge on any atom is 0.178 e. The smallest absolute Gasteiger partial charge is 0.178 e. The van der Waals surface area contributed by atoms with Crippen molar-refractivity contribution in [3.8, 4) is 24.3 Å². The zero-order valence-corrected chi connectivity index (χ0v) is 9.19. The second kappa shape index (κ2) is 4.22. The average Bonchev–Trinajstić information content (AvgIpc) is 2.37. The molecule has 1 fully saturated rings. The lowest BCUT2D eigenvalue weighted by Gasteiger charge is -2.41. The first-order chi connectivity index (χ1) is 7.66. The van der Waals surface area contributed by atoms with Gasteiger partial charge < -0.3 is 0 Å². The summed E-state index contributed by atoms with van der Waals surface area (Å²) in [4.78, 5) is 0. The second-order valence-electron chi connectivity index (χ2n) is 4.16. The Balaban J connectivity index is 3.42. The average molecular weight is 212 g/mol. The van der Waals surface area contributed by atoms with Gasteiger partial charge in [-0.1, -0.05) is 19.8 Å². The Bertz CT molecular complexity index is 410. The van der Waals surface area contributed by atoms with E-state index in [-0.39, 0.29) is 5.92 Å². The molecule has 0 heterocycles. The summed E-state index contributed by atoms with van der Waals surface area (Å²) in [5, 5.41) is 36.9. The predicted molar refractivity (Wildman–Crippen MR) is 55.0 cm³/mol. The Hall–Kier alpha value is -2.04. The number of hydrogen-bond acceptors (Lipinski definition) is 4. The summed E-state index contributed by atoms with van der Waals surface area (Å²) >= 11 is 0. The predicted octanol–water partition coefficient (Wildman–Crippen LogP) is 2.26. The molecule has 4 heteroatoms. The van der Waals surface area contributed by atoms with Crippen LogP contribution in [0.3, 0.4) is 0 Å². The van der Waals surface area contributed by atoms with Gasteiger partial charge in [0.15, 0.2) is 10.8 Å². The van der Waals surface area contributed by atoms with Crippen LogP contribution in [0.2, 0.25) is 0 Å². The molecule has 1 atom stereocenters. The molecule has 0 saturated heterocycles. The third kappa shape index (κ3) is 1.25. The molecule has 4 nitrogen and oxygen atoms in total. The fraction of sp³-hybridized carbons (Fsp3) is 0.667. The third-order valence-electron chi connectivity index (χ3n) is 3.62. The Morgan fingerprint density at radius 3 is 2.00 bits per heavy atom. The molecule has 0 N–H and O–H groups in total. The van der Waals surface area contributed by atoms with E-state index in [2.05, 4.69) is 0 Å². The van der Waals surface area contributed by atoms with Crippen molar-refractivity contribution in [1.82, 2.24) is 0 Å². The molecular formula is C12H12N4. The van der Waals surface area contributed by atoms with Crippen molar-refractivity contribution in [3.63, 3.8) is 0 Å². The second-order valence-corrected chi connectivity index (χ2v) is 4.16. The lowest BCUT2D eigenvalue weighted by Crippen LogP contribution is -2.47. The van der Waals surface area contributed by atoms with Gasteiger partial charge in [-0.3, -0.25) is 0 Å². The molecule has 0 aromatic heterocycles. The van der Waals surface area contributed by atoms with Crippen molar-refractivity contribution in [2.45, 2.75) is 32.6 Å². The molecule has 1 unspecified atom stereocenters. The molecule has 0 bridgehead atoms. The standard InChI is InChI=1S/C12H12N4/c1-2-10-4-3-5-11(6-13,7-14)12(10,8-15)9-16/h10H,2-5H2,1H3. The fourth-order valence-electron chi connectivity index (χ4n) is 2.60. The number of hydrogen-bond donors (Lipinski definition) is 0. The Morgan fingerprint density at radius 2 is 1.62 bits per heavy atom. The largest absolute Gasteiger partial charge is 0.196 e. The molecule has 1 aliphatic rings. The minimum absolute atomic E-state index is 0.185. The molecule has 0 aromatic rings. The van der Waals surface area contributed by atoms with Gasteiger partial charge in [0.25, 0.3) is 0 Å². The van der Waals surface area contributed by atoms with Crippen molar-refractivity contribution in [2.75, 3.05) is 0 Å². The number of nitriles is 4. The van der Waals surface area contributed by atoms with E-state index in [1.807, 2.05) is 31.2 Å². The summed E-state index contributed by atoms with van der Waals surface area (Å²) in [5.41, 5.74) is -2.93. The van der Waals surface area contributed by atoms with Crippen molar-refractivity contribution in [2.24, 2.45) is 16.7 Å². The molecule has 16 heavy (non-hydrogen) atoms. The van der Waals surface area contributed by atoms with Crippen molar-refractivity contribution in [1.29, 1.82) is 21.0 Å². The maximum absolute atomic E-state index is 9.27. The molecular weight excluding hydrogens is 200 g/mol. The van der Waals surface area contributed by atoms with Crippen LogP contribution in [0.25, 0.3) is 0 Å². The lowest BCUT2D eigenvalue weighted by molar-refractivity contribution is 0.116. The highest BCUT2D eigenvalue weighted by atomic mass is 14.6. The monoisotopic (exact) mass is 212 g/mol. The van der Waals surface area contributed by atoms with Gasteiger partial charge in [0, 0.05) is 0 Å². The fourth-order valence-corrected chi connectivity index (χ4v) is 2.60. The normalized spacial score (nSPS) is 25.4. The lowest BCUT2D eigenvalue weighted by atomic mass is 9.53. The van der Waals surface area contributed by atoms with E-state index in [1.54, 1.807) is 0 Å². The highest BCUT2D eigenvalue weighted by molar-refractivity contribution is 5.36. The number of nitrogens with zero attached hydrogens (tertiary/aromatic N) is 4. The number of rotatable bonds is 1. The summed E-state index contributed by atoms with van der Waals surface area (Å²) in [6.07, 6.45) is 2.43. The van der Waals surface area contributed by atoms with Crippen LogP contribution in [0, 0.1) is 62.1 Å². The Kier molecular flexibility index (Phi) is 3.17. The van der Waals surface area contributed by atoms with Gasteiger partial charge in [0.1, 0.15) is 0 Å². The van der Waals surface area contributed by atoms with E-state index in [0.29, 0.717) is 12.8 Å². The van der Waals surface area contributed by atoms with Crippen LogP contribution >= 0.6 is 0 Å². The van der Waals surface area contributed by atoms with Gasteiger partial charge in [-0.15, -0.1) is 0 Å². The van der Waals surface area contributed by atoms with Crippen LogP contribution in [0.5, 0.6) is 0 Å². The van der Waals surface area contributed by atoms with E-state index in [4.69, 9.17) is 0 Å². The summed E-state index contributed by atoms with van der Waals surface area (Å²) in [6, 6.07) is 7.75. The summed E-state index contributed by atoms with van der Waals surface area (Å²) in [5.74, 6) is -0.185. The first-order valence-electron chi connectivity index (χ1n) is 5.31. The van der Waals surface area contributed by atoms with E-state index >= 15 is 0 Å².